The Morgan fingerprint density at radius 2 is 1.73 bits per heavy atom. The summed E-state index contributed by atoms with van der Waals surface area (Å²) < 4.78 is 59.4. The van der Waals surface area contributed by atoms with Gasteiger partial charge in [0, 0.05) is 0 Å². The first kappa shape index (κ1) is 14.7. The molecule has 0 heterocycles. The van der Waals surface area contributed by atoms with Gasteiger partial charge in [-0.05, 0) is 6.92 Å². The minimum absolute atomic E-state index is 0.118. The molecule has 92 valence electrons. The van der Waals surface area contributed by atoms with E-state index < -0.39 is 22.7 Å². The fourth-order valence-electron chi connectivity index (χ4n) is 0.789. The van der Waals surface area contributed by atoms with Gasteiger partial charge in [0.25, 0.3) is 10.0 Å². The van der Waals surface area contributed by atoms with Crippen LogP contribution < -0.4 is 4.72 Å². The van der Waals surface area contributed by atoms with Crippen molar-refractivity contribution >= 4 is 10.0 Å². The Bertz CT molecular complexity index is 298. The van der Waals surface area contributed by atoms with E-state index >= 15 is 0 Å². The third-order valence-electron chi connectivity index (χ3n) is 1.87. The van der Waals surface area contributed by atoms with Gasteiger partial charge in [0.2, 0.25) is 0 Å². The van der Waals surface area contributed by atoms with E-state index in [1.165, 1.54) is 4.72 Å². The minimum Gasteiger partial charge on any atom is -0.315 e. The zero-order chi connectivity index (χ0) is 12.3. The Labute approximate surface area is 87.7 Å². The van der Waals surface area contributed by atoms with E-state index in [1.807, 2.05) is 0 Å². The van der Waals surface area contributed by atoms with Crippen LogP contribution in [0.5, 0.6) is 0 Å². The minimum atomic E-state index is -4.52. The van der Waals surface area contributed by atoms with Crippen LogP contribution in [0.4, 0.5) is 13.2 Å². The summed E-state index contributed by atoms with van der Waals surface area (Å²) in [4.78, 5) is 0. The van der Waals surface area contributed by atoms with E-state index in [2.05, 4.69) is 0 Å². The van der Waals surface area contributed by atoms with Gasteiger partial charge in [-0.15, -0.1) is 0 Å². The summed E-state index contributed by atoms with van der Waals surface area (Å²) >= 11 is 0. The van der Waals surface area contributed by atoms with Crippen molar-refractivity contribution in [3.8, 4) is 0 Å². The smallest absolute Gasteiger partial charge is 0.315 e. The van der Waals surface area contributed by atoms with Gasteiger partial charge >= 0.3 is 6.18 Å². The van der Waals surface area contributed by atoms with Gasteiger partial charge in [-0.2, -0.15) is 13.2 Å². The third kappa shape index (κ3) is 7.57. The monoisotopic (exact) mass is 249 g/mol. The molecule has 0 atom stereocenters. The Kier molecular flexibility index (Phi) is 4.56. The van der Waals surface area contributed by atoms with Crippen LogP contribution in [0.3, 0.4) is 0 Å². The van der Waals surface area contributed by atoms with Crippen molar-refractivity contribution in [1.82, 2.24) is 4.72 Å². The Morgan fingerprint density at radius 1 is 1.27 bits per heavy atom. The maximum Gasteiger partial charge on any atom is 0.402 e. The number of halogens is 3. The van der Waals surface area contributed by atoms with E-state index in [0.717, 1.165) is 0 Å². The molecule has 0 unspecified atom stereocenters. The molecule has 0 aromatic heterocycles. The largest absolute Gasteiger partial charge is 0.402 e. The van der Waals surface area contributed by atoms with Crippen LogP contribution in [0.1, 0.15) is 6.92 Å². The molecule has 0 aliphatic heterocycles. The molecule has 8 heteroatoms. The zero-order valence-corrected chi connectivity index (χ0v) is 9.74. The first-order valence-corrected chi connectivity index (χ1v) is 5.99. The van der Waals surface area contributed by atoms with Crippen LogP contribution >= 0.6 is 0 Å². The molecule has 0 amide bonds. The van der Waals surface area contributed by atoms with E-state index in [0.29, 0.717) is 6.54 Å². The lowest BCUT2D eigenvalue weighted by Crippen LogP contribution is -2.48. The Morgan fingerprint density at radius 3 is 2.07 bits per heavy atom. The van der Waals surface area contributed by atoms with Gasteiger partial charge < -0.3 is 4.48 Å². The predicted octanol–water partition coefficient (Wildman–Crippen LogP) is 0.522. The number of hydrogen-bond donors (Lipinski definition) is 1. The SMILES string of the molecule is CC[N+](C)(C)CS(=O)(=O)NCC(F)(F)F. The number of rotatable bonds is 5. The number of nitrogens with zero attached hydrogens (tertiary/aromatic N) is 1. The van der Waals surface area contributed by atoms with Crippen molar-refractivity contribution in [3.63, 3.8) is 0 Å². The topological polar surface area (TPSA) is 46.2 Å². The molecule has 0 rings (SSSR count). The highest BCUT2D eigenvalue weighted by atomic mass is 32.2. The van der Waals surface area contributed by atoms with Crippen molar-refractivity contribution in [3.05, 3.63) is 0 Å². The molecule has 0 aliphatic rings. The van der Waals surface area contributed by atoms with Crippen LogP contribution in [-0.2, 0) is 10.0 Å². The summed E-state index contributed by atoms with van der Waals surface area (Å²) in [6.45, 7) is 0.769. The summed E-state index contributed by atoms with van der Waals surface area (Å²) in [5.74, 6) is -0.362. The Hall–Kier alpha value is -0.340. The first-order chi connectivity index (χ1) is 6.47. The molecular formula is C7H16F3N2O2S+. The number of hydrogen-bond acceptors (Lipinski definition) is 2. The summed E-state index contributed by atoms with van der Waals surface area (Å²) in [7, 11) is -0.619. The number of quaternary nitrogens is 1. The molecule has 0 fully saturated rings. The Balaban J connectivity index is 4.34. The van der Waals surface area contributed by atoms with E-state index in [9.17, 15) is 21.6 Å². The van der Waals surface area contributed by atoms with Gasteiger partial charge in [-0.25, -0.2) is 13.1 Å². The van der Waals surface area contributed by atoms with Crippen molar-refractivity contribution in [2.45, 2.75) is 13.1 Å². The second-order valence-electron chi connectivity index (χ2n) is 3.93. The van der Waals surface area contributed by atoms with Crippen LogP contribution in [0.2, 0.25) is 0 Å². The van der Waals surface area contributed by atoms with E-state index in [-0.39, 0.29) is 10.4 Å². The maximum atomic E-state index is 11.8. The van der Waals surface area contributed by atoms with Gasteiger partial charge in [0.05, 0.1) is 20.6 Å². The molecule has 4 nitrogen and oxygen atoms in total. The highest BCUT2D eigenvalue weighted by molar-refractivity contribution is 7.89. The summed E-state index contributed by atoms with van der Waals surface area (Å²) in [5, 5.41) is 0. The molecule has 0 saturated carbocycles. The standard InChI is InChI=1S/C7H16F3N2O2S/c1-4-12(2,3)6-15(13,14)11-5-7(8,9)10/h11H,4-6H2,1-3H3/q+1. The first-order valence-electron chi connectivity index (χ1n) is 4.33. The molecule has 0 bridgehead atoms. The summed E-state index contributed by atoms with van der Waals surface area (Å²) in [6.07, 6.45) is -4.52. The van der Waals surface area contributed by atoms with E-state index in [1.54, 1.807) is 21.0 Å². The lowest BCUT2D eigenvalue weighted by Gasteiger charge is -2.27. The highest BCUT2D eigenvalue weighted by Crippen LogP contribution is 2.13. The van der Waals surface area contributed by atoms with Gasteiger partial charge in [0.1, 0.15) is 6.54 Å². The van der Waals surface area contributed by atoms with E-state index in [4.69, 9.17) is 0 Å². The average molecular weight is 249 g/mol. The number of nitrogens with one attached hydrogen (secondary N) is 1. The highest BCUT2D eigenvalue weighted by Gasteiger charge is 2.31. The summed E-state index contributed by atoms with van der Waals surface area (Å²) in [6, 6.07) is 0. The molecule has 0 aliphatic carbocycles. The maximum absolute atomic E-state index is 11.8. The predicted molar refractivity (Wildman–Crippen MR) is 50.5 cm³/mol. The number of sulfonamides is 1. The quantitative estimate of drug-likeness (QED) is 0.722. The fourth-order valence-corrected chi connectivity index (χ4v) is 2.37. The van der Waals surface area contributed by atoms with Gasteiger partial charge in [0.15, 0.2) is 5.88 Å². The molecule has 1 N–H and O–H groups in total. The van der Waals surface area contributed by atoms with Crippen LogP contribution in [0.15, 0.2) is 0 Å². The molecule has 0 saturated heterocycles. The lowest BCUT2D eigenvalue weighted by atomic mass is 10.6. The van der Waals surface area contributed by atoms with Crippen molar-refractivity contribution in [1.29, 1.82) is 0 Å². The second-order valence-corrected chi connectivity index (χ2v) is 5.71. The lowest BCUT2D eigenvalue weighted by molar-refractivity contribution is -0.876. The molecule has 0 spiro atoms. The third-order valence-corrected chi connectivity index (χ3v) is 3.49. The van der Waals surface area contributed by atoms with Crippen LogP contribution in [-0.4, -0.2) is 52.1 Å². The van der Waals surface area contributed by atoms with Gasteiger partial charge in [-0.1, -0.05) is 0 Å². The van der Waals surface area contributed by atoms with Gasteiger partial charge in [-0.3, -0.25) is 0 Å². The summed E-state index contributed by atoms with van der Waals surface area (Å²) in [5.41, 5.74) is 0. The number of alkyl halides is 3. The molecular weight excluding hydrogens is 233 g/mol. The van der Waals surface area contributed by atoms with Crippen LogP contribution in [0, 0.1) is 0 Å². The normalized spacial score (nSPS) is 14.3. The molecule has 15 heavy (non-hydrogen) atoms. The zero-order valence-electron chi connectivity index (χ0n) is 8.93. The van der Waals surface area contributed by atoms with Crippen molar-refractivity contribution in [2.75, 3.05) is 33.1 Å². The average Bonchev–Trinajstić information content (AvgIpc) is 1.98. The molecule has 0 radical (unpaired) electrons. The van der Waals surface area contributed by atoms with Crippen LogP contribution in [0.25, 0.3) is 0 Å². The fraction of sp³-hybridized carbons (Fsp3) is 1.00. The molecule has 0 aromatic carbocycles. The van der Waals surface area contributed by atoms with Crippen molar-refractivity contribution < 1.29 is 26.1 Å². The second kappa shape index (κ2) is 4.67. The van der Waals surface area contributed by atoms with Crippen molar-refractivity contribution in [2.24, 2.45) is 0 Å². The molecule has 0 aromatic rings.